The highest BCUT2D eigenvalue weighted by Gasteiger charge is 2.09. The van der Waals surface area contributed by atoms with Gasteiger partial charge in [0.1, 0.15) is 10.8 Å². The number of imidazole rings is 1. The zero-order chi connectivity index (χ0) is 14.0. The van der Waals surface area contributed by atoms with Gasteiger partial charge in [0.05, 0.1) is 0 Å². The summed E-state index contributed by atoms with van der Waals surface area (Å²) in [7, 11) is 0. The van der Waals surface area contributed by atoms with Crippen LogP contribution in [0.3, 0.4) is 0 Å². The number of rotatable bonds is 4. The van der Waals surface area contributed by atoms with Gasteiger partial charge in [0, 0.05) is 30.4 Å². The Hall–Kier alpha value is -1.68. The number of hydrogen-bond donors (Lipinski definition) is 1. The summed E-state index contributed by atoms with van der Waals surface area (Å²) in [6, 6.07) is 6.12. The van der Waals surface area contributed by atoms with Gasteiger partial charge in [-0.1, -0.05) is 38.2 Å². The second kappa shape index (κ2) is 5.53. The van der Waals surface area contributed by atoms with Gasteiger partial charge in [-0.25, -0.2) is 4.98 Å². The van der Waals surface area contributed by atoms with Crippen molar-refractivity contribution in [1.82, 2.24) is 9.55 Å². The molecule has 2 rings (SSSR count). The molecule has 0 spiro atoms. The molecule has 3 nitrogen and oxygen atoms in total. The summed E-state index contributed by atoms with van der Waals surface area (Å²) in [6.45, 7) is 7.23. The Morgan fingerprint density at radius 1 is 1.42 bits per heavy atom. The molecule has 0 unspecified atom stereocenters. The normalized spacial score (nSPS) is 10.9. The van der Waals surface area contributed by atoms with Gasteiger partial charge >= 0.3 is 0 Å². The molecule has 0 aliphatic rings. The van der Waals surface area contributed by atoms with Gasteiger partial charge < -0.3 is 10.3 Å². The van der Waals surface area contributed by atoms with Crippen molar-refractivity contribution in [3.63, 3.8) is 0 Å². The molecule has 0 radical (unpaired) electrons. The Morgan fingerprint density at radius 3 is 2.74 bits per heavy atom. The molecule has 1 aromatic carbocycles. The van der Waals surface area contributed by atoms with Crippen molar-refractivity contribution in [2.45, 2.75) is 33.2 Å². The van der Waals surface area contributed by atoms with Crippen molar-refractivity contribution in [2.24, 2.45) is 5.73 Å². The summed E-state index contributed by atoms with van der Waals surface area (Å²) in [5.74, 6) is 1.53. The maximum Gasteiger partial charge on any atom is 0.111 e. The van der Waals surface area contributed by atoms with E-state index in [4.69, 9.17) is 18.0 Å². The maximum atomic E-state index is 5.65. The SMILES string of the molecule is Cc1cc(C(N)=S)ccc1Cn1ccnc1C(C)C. The fraction of sp³-hybridized carbons (Fsp3) is 0.333. The van der Waals surface area contributed by atoms with Crippen LogP contribution in [0.4, 0.5) is 0 Å². The van der Waals surface area contributed by atoms with Gasteiger partial charge in [0.25, 0.3) is 0 Å². The number of thiocarbonyl (C=S) groups is 1. The third-order valence-corrected chi connectivity index (χ3v) is 3.47. The first-order valence-electron chi connectivity index (χ1n) is 6.39. The van der Waals surface area contributed by atoms with E-state index in [0.29, 0.717) is 10.9 Å². The number of benzene rings is 1. The fourth-order valence-corrected chi connectivity index (χ4v) is 2.29. The van der Waals surface area contributed by atoms with E-state index in [1.807, 2.05) is 24.5 Å². The minimum Gasteiger partial charge on any atom is -0.389 e. The van der Waals surface area contributed by atoms with E-state index < -0.39 is 0 Å². The molecule has 0 atom stereocenters. The molecule has 0 saturated heterocycles. The van der Waals surface area contributed by atoms with Crippen molar-refractivity contribution in [1.29, 1.82) is 0 Å². The molecular formula is C15H19N3S. The predicted molar refractivity (Wildman–Crippen MR) is 82.5 cm³/mol. The Labute approximate surface area is 119 Å². The van der Waals surface area contributed by atoms with Crippen molar-refractivity contribution in [2.75, 3.05) is 0 Å². The first kappa shape index (κ1) is 13.7. The van der Waals surface area contributed by atoms with Gasteiger partial charge in [-0.15, -0.1) is 0 Å². The molecule has 0 amide bonds. The standard InChI is InChI=1S/C15H19N3S/c1-10(2)15-17-6-7-18(15)9-13-5-4-12(14(16)19)8-11(13)3/h4-8,10H,9H2,1-3H3,(H2,16,19). The Morgan fingerprint density at radius 2 is 2.16 bits per heavy atom. The Balaban J connectivity index is 2.28. The van der Waals surface area contributed by atoms with Crippen molar-refractivity contribution < 1.29 is 0 Å². The average molecular weight is 273 g/mol. The molecule has 2 aromatic rings. The van der Waals surface area contributed by atoms with Gasteiger partial charge in [0.2, 0.25) is 0 Å². The highest BCUT2D eigenvalue weighted by atomic mass is 32.1. The van der Waals surface area contributed by atoms with Crippen LogP contribution in [0.15, 0.2) is 30.6 Å². The number of aryl methyl sites for hydroxylation is 1. The largest absolute Gasteiger partial charge is 0.389 e. The molecule has 0 fully saturated rings. The molecule has 1 aromatic heterocycles. The third-order valence-electron chi connectivity index (χ3n) is 3.23. The molecule has 19 heavy (non-hydrogen) atoms. The van der Waals surface area contributed by atoms with Crippen LogP contribution in [0.25, 0.3) is 0 Å². The van der Waals surface area contributed by atoms with E-state index in [9.17, 15) is 0 Å². The van der Waals surface area contributed by atoms with Crippen LogP contribution in [-0.2, 0) is 6.54 Å². The van der Waals surface area contributed by atoms with E-state index >= 15 is 0 Å². The summed E-state index contributed by atoms with van der Waals surface area (Å²) >= 11 is 5.00. The van der Waals surface area contributed by atoms with Gasteiger partial charge in [-0.2, -0.15) is 0 Å². The van der Waals surface area contributed by atoms with E-state index in [1.54, 1.807) is 0 Å². The van der Waals surface area contributed by atoms with Crippen molar-refractivity contribution >= 4 is 17.2 Å². The lowest BCUT2D eigenvalue weighted by Crippen LogP contribution is -2.11. The number of nitrogens with zero attached hydrogens (tertiary/aromatic N) is 2. The summed E-state index contributed by atoms with van der Waals surface area (Å²) in [5.41, 5.74) is 9.04. The maximum absolute atomic E-state index is 5.65. The first-order valence-corrected chi connectivity index (χ1v) is 6.80. The zero-order valence-electron chi connectivity index (χ0n) is 11.6. The van der Waals surface area contributed by atoms with Crippen LogP contribution >= 0.6 is 12.2 Å². The molecule has 100 valence electrons. The summed E-state index contributed by atoms with van der Waals surface area (Å²) < 4.78 is 2.19. The number of hydrogen-bond acceptors (Lipinski definition) is 2. The van der Waals surface area contributed by atoms with E-state index in [1.165, 1.54) is 11.1 Å². The quantitative estimate of drug-likeness (QED) is 0.871. The molecule has 2 N–H and O–H groups in total. The minimum atomic E-state index is 0.422. The summed E-state index contributed by atoms with van der Waals surface area (Å²) in [4.78, 5) is 4.85. The van der Waals surface area contributed by atoms with Gasteiger partial charge in [-0.3, -0.25) is 0 Å². The molecule has 0 saturated carbocycles. The van der Waals surface area contributed by atoms with Crippen molar-refractivity contribution in [3.05, 3.63) is 53.1 Å². The van der Waals surface area contributed by atoms with Crippen LogP contribution in [0, 0.1) is 6.92 Å². The van der Waals surface area contributed by atoms with Crippen LogP contribution < -0.4 is 5.73 Å². The monoisotopic (exact) mass is 273 g/mol. The van der Waals surface area contributed by atoms with Crippen LogP contribution in [-0.4, -0.2) is 14.5 Å². The Bertz CT molecular complexity index is 599. The zero-order valence-corrected chi connectivity index (χ0v) is 12.4. The topological polar surface area (TPSA) is 43.8 Å². The number of nitrogens with two attached hydrogens (primary N) is 1. The lowest BCUT2D eigenvalue weighted by atomic mass is 10.0. The van der Waals surface area contributed by atoms with E-state index in [-0.39, 0.29) is 0 Å². The highest BCUT2D eigenvalue weighted by Crippen LogP contribution is 2.17. The molecule has 0 aliphatic carbocycles. The third kappa shape index (κ3) is 3.01. The summed E-state index contributed by atoms with van der Waals surface area (Å²) in [6.07, 6.45) is 3.88. The van der Waals surface area contributed by atoms with Crippen LogP contribution in [0.1, 0.15) is 42.3 Å². The summed E-state index contributed by atoms with van der Waals surface area (Å²) in [5, 5.41) is 0. The second-order valence-corrected chi connectivity index (χ2v) is 5.51. The molecule has 0 aliphatic heterocycles. The predicted octanol–water partition coefficient (Wildman–Crippen LogP) is 3.00. The van der Waals surface area contributed by atoms with Crippen molar-refractivity contribution in [3.8, 4) is 0 Å². The lowest BCUT2D eigenvalue weighted by molar-refractivity contribution is 0.668. The Kier molecular flexibility index (Phi) is 4.00. The fourth-order valence-electron chi connectivity index (χ4n) is 2.17. The molecule has 1 heterocycles. The second-order valence-electron chi connectivity index (χ2n) is 5.07. The van der Waals surface area contributed by atoms with E-state index in [0.717, 1.165) is 17.9 Å². The molecular weight excluding hydrogens is 254 g/mol. The molecule has 0 bridgehead atoms. The minimum absolute atomic E-state index is 0.422. The van der Waals surface area contributed by atoms with Crippen LogP contribution in [0.5, 0.6) is 0 Å². The van der Waals surface area contributed by atoms with E-state index in [2.05, 4.69) is 36.4 Å². The van der Waals surface area contributed by atoms with Gasteiger partial charge in [0.15, 0.2) is 0 Å². The lowest BCUT2D eigenvalue weighted by Gasteiger charge is -2.13. The first-order chi connectivity index (χ1) is 8.99. The average Bonchev–Trinajstić information content (AvgIpc) is 2.79. The highest BCUT2D eigenvalue weighted by molar-refractivity contribution is 7.80. The molecule has 4 heteroatoms. The number of aromatic nitrogens is 2. The van der Waals surface area contributed by atoms with Crippen LogP contribution in [0.2, 0.25) is 0 Å². The van der Waals surface area contributed by atoms with Gasteiger partial charge in [-0.05, 0) is 24.1 Å². The smallest absolute Gasteiger partial charge is 0.111 e.